The molecule has 0 saturated heterocycles. The van der Waals surface area contributed by atoms with E-state index in [0.29, 0.717) is 0 Å². The maximum absolute atomic E-state index is 2.49. The molecule has 0 fully saturated rings. The third kappa shape index (κ3) is 5.80. The lowest BCUT2D eigenvalue weighted by atomic mass is 9.67. The maximum Gasteiger partial charge on any atom is 0.0714 e. The predicted octanol–water partition coefficient (Wildman–Crippen LogP) is 17.5. The summed E-state index contributed by atoms with van der Waals surface area (Å²) in [6, 6.07) is 96.5. The first kappa shape index (κ1) is 38.0. The van der Waals surface area contributed by atoms with Crippen molar-refractivity contribution in [2.45, 2.75) is 5.41 Å². The van der Waals surface area contributed by atoms with E-state index in [1.54, 1.807) is 0 Å². The van der Waals surface area contributed by atoms with E-state index in [1.807, 2.05) is 0 Å². The van der Waals surface area contributed by atoms with Gasteiger partial charge in [0.1, 0.15) is 0 Å². The van der Waals surface area contributed by atoms with Gasteiger partial charge in [-0.05, 0) is 123 Å². The van der Waals surface area contributed by atoms with Crippen molar-refractivity contribution in [3.63, 3.8) is 0 Å². The van der Waals surface area contributed by atoms with Crippen LogP contribution < -0.4 is 4.90 Å². The highest BCUT2D eigenvalue weighted by atomic mass is 15.1. The molecule has 308 valence electrons. The molecule has 0 aliphatic heterocycles. The number of benzene rings is 12. The van der Waals surface area contributed by atoms with E-state index in [2.05, 4.69) is 266 Å². The standard InChI is InChI=1S/C65H43N/c1-3-19-47(20-4-1)65(48-21-5-2-6-22-48)62-31-13-11-25-59(62)60-42-39-50(43-63(60)65)66(49-37-33-46(34-38-49)53-27-15-28-54-51-23-9-7-17-44(51)35-40-57(53)54)64-32-14-12-26-61(64)56-30-16-29-55-52-24-10-8-18-45(52)36-41-58(55)56/h1-43H. The van der Waals surface area contributed by atoms with E-state index in [4.69, 9.17) is 0 Å². The quantitative estimate of drug-likeness (QED) is 0.145. The average molecular weight is 838 g/mol. The van der Waals surface area contributed by atoms with Gasteiger partial charge in [-0.15, -0.1) is 0 Å². The predicted molar refractivity (Wildman–Crippen MR) is 279 cm³/mol. The lowest BCUT2D eigenvalue weighted by Crippen LogP contribution is -2.28. The zero-order valence-corrected chi connectivity index (χ0v) is 36.3. The van der Waals surface area contributed by atoms with Gasteiger partial charge >= 0.3 is 0 Å². The summed E-state index contributed by atoms with van der Waals surface area (Å²) in [7, 11) is 0. The van der Waals surface area contributed by atoms with E-state index in [1.165, 1.54) is 98.7 Å². The van der Waals surface area contributed by atoms with Gasteiger partial charge in [-0.25, -0.2) is 0 Å². The van der Waals surface area contributed by atoms with E-state index >= 15 is 0 Å². The van der Waals surface area contributed by atoms with Gasteiger partial charge < -0.3 is 4.90 Å². The first-order chi connectivity index (χ1) is 32.8. The van der Waals surface area contributed by atoms with Crippen LogP contribution in [0.1, 0.15) is 22.3 Å². The third-order valence-corrected chi connectivity index (χ3v) is 14.1. The minimum atomic E-state index is -0.533. The van der Waals surface area contributed by atoms with Gasteiger partial charge in [0.15, 0.2) is 0 Å². The van der Waals surface area contributed by atoms with Crippen molar-refractivity contribution in [2.24, 2.45) is 0 Å². The van der Waals surface area contributed by atoms with Crippen LogP contribution in [0.3, 0.4) is 0 Å². The number of anilines is 3. The molecule has 1 nitrogen and oxygen atoms in total. The minimum absolute atomic E-state index is 0.533. The summed E-state index contributed by atoms with van der Waals surface area (Å²) in [4.78, 5) is 2.49. The molecule has 0 spiro atoms. The molecule has 0 radical (unpaired) electrons. The highest BCUT2D eigenvalue weighted by Crippen LogP contribution is 2.57. The van der Waals surface area contributed by atoms with E-state index in [-0.39, 0.29) is 0 Å². The molecule has 0 saturated carbocycles. The molecule has 0 atom stereocenters. The van der Waals surface area contributed by atoms with Crippen molar-refractivity contribution >= 4 is 60.2 Å². The van der Waals surface area contributed by atoms with Gasteiger partial charge in [-0.1, -0.05) is 231 Å². The van der Waals surface area contributed by atoms with Gasteiger partial charge in [0, 0.05) is 16.9 Å². The Labute approximate surface area is 385 Å². The minimum Gasteiger partial charge on any atom is -0.310 e. The number of para-hydroxylation sites is 1. The summed E-state index contributed by atoms with van der Waals surface area (Å²) in [6.45, 7) is 0. The molecule has 0 N–H and O–H groups in total. The molecule has 12 aromatic rings. The second kappa shape index (κ2) is 15.3. The molecule has 1 aliphatic rings. The molecule has 0 heterocycles. The molecular formula is C65H43N. The summed E-state index contributed by atoms with van der Waals surface area (Å²) in [5.74, 6) is 0. The summed E-state index contributed by atoms with van der Waals surface area (Å²) < 4.78 is 0. The van der Waals surface area contributed by atoms with Crippen molar-refractivity contribution in [2.75, 3.05) is 4.90 Å². The molecule has 66 heavy (non-hydrogen) atoms. The Bertz CT molecular complexity index is 3770. The average Bonchev–Trinajstić information content (AvgIpc) is 3.69. The third-order valence-electron chi connectivity index (χ3n) is 14.1. The van der Waals surface area contributed by atoms with Crippen LogP contribution >= 0.6 is 0 Å². The topological polar surface area (TPSA) is 3.24 Å². The Hall–Kier alpha value is -8.52. The zero-order valence-electron chi connectivity index (χ0n) is 36.3. The van der Waals surface area contributed by atoms with Crippen molar-refractivity contribution in [3.8, 4) is 33.4 Å². The van der Waals surface area contributed by atoms with Gasteiger partial charge in [0.05, 0.1) is 11.1 Å². The Morgan fingerprint density at radius 1 is 0.258 bits per heavy atom. The van der Waals surface area contributed by atoms with Crippen LogP contribution in [0.15, 0.2) is 261 Å². The van der Waals surface area contributed by atoms with Crippen LogP contribution in [0.2, 0.25) is 0 Å². The fourth-order valence-corrected chi connectivity index (χ4v) is 11.3. The Balaban J connectivity index is 1.05. The van der Waals surface area contributed by atoms with Crippen LogP contribution in [0, 0.1) is 0 Å². The Kier molecular flexibility index (Phi) is 8.82. The van der Waals surface area contributed by atoms with Crippen LogP contribution in [-0.2, 0) is 5.41 Å². The first-order valence-electron chi connectivity index (χ1n) is 22.9. The molecule has 12 aromatic carbocycles. The first-order valence-corrected chi connectivity index (χ1v) is 22.9. The van der Waals surface area contributed by atoms with Gasteiger partial charge in [-0.3, -0.25) is 0 Å². The van der Waals surface area contributed by atoms with Crippen LogP contribution in [0.4, 0.5) is 17.1 Å². The lowest BCUT2D eigenvalue weighted by Gasteiger charge is -2.35. The smallest absolute Gasteiger partial charge is 0.0714 e. The van der Waals surface area contributed by atoms with Crippen molar-refractivity contribution in [1.29, 1.82) is 0 Å². The molecular weight excluding hydrogens is 795 g/mol. The number of hydrogen-bond donors (Lipinski definition) is 0. The van der Waals surface area contributed by atoms with Crippen molar-refractivity contribution in [3.05, 3.63) is 283 Å². The molecule has 0 amide bonds. The zero-order chi connectivity index (χ0) is 43.6. The normalized spacial score (nSPS) is 12.7. The van der Waals surface area contributed by atoms with Crippen LogP contribution in [0.5, 0.6) is 0 Å². The second-order valence-corrected chi connectivity index (χ2v) is 17.5. The highest BCUT2D eigenvalue weighted by Gasteiger charge is 2.46. The van der Waals surface area contributed by atoms with Crippen molar-refractivity contribution in [1.82, 2.24) is 0 Å². The fourth-order valence-electron chi connectivity index (χ4n) is 11.3. The summed E-state index contributed by atoms with van der Waals surface area (Å²) in [6.07, 6.45) is 0. The number of rotatable bonds is 7. The second-order valence-electron chi connectivity index (χ2n) is 17.5. The van der Waals surface area contributed by atoms with E-state index < -0.39 is 5.41 Å². The number of nitrogens with zero attached hydrogens (tertiary/aromatic N) is 1. The lowest BCUT2D eigenvalue weighted by molar-refractivity contribution is 0.768. The van der Waals surface area contributed by atoms with Crippen LogP contribution in [-0.4, -0.2) is 0 Å². The fraction of sp³-hybridized carbons (Fsp3) is 0.0154. The van der Waals surface area contributed by atoms with Gasteiger partial charge in [0.2, 0.25) is 0 Å². The molecule has 0 unspecified atom stereocenters. The summed E-state index contributed by atoms with van der Waals surface area (Å²) in [5.41, 5.74) is 15.2. The molecule has 1 heteroatoms. The van der Waals surface area contributed by atoms with E-state index in [0.717, 1.165) is 17.1 Å². The largest absolute Gasteiger partial charge is 0.310 e. The van der Waals surface area contributed by atoms with Gasteiger partial charge in [-0.2, -0.15) is 0 Å². The molecule has 13 rings (SSSR count). The number of hydrogen-bond acceptors (Lipinski definition) is 1. The highest BCUT2D eigenvalue weighted by molar-refractivity contribution is 6.14. The van der Waals surface area contributed by atoms with Crippen LogP contribution in [0.25, 0.3) is 76.5 Å². The Morgan fingerprint density at radius 3 is 1.41 bits per heavy atom. The maximum atomic E-state index is 2.49. The summed E-state index contributed by atoms with van der Waals surface area (Å²) in [5, 5.41) is 10.1. The number of fused-ring (bicyclic) bond motifs is 9. The monoisotopic (exact) mass is 837 g/mol. The summed E-state index contributed by atoms with van der Waals surface area (Å²) >= 11 is 0. The van der Waals surface area contributed by atoms with Gasteiger partial charge in [0.25, 0.3) is 0 Å². The Morgan fingerprint density at radius 2 is 0.742 bits per heavy atom. The molecule has 0 aromatic heterocycles. The van der Waals surface area contributed by atoms with E-state index in [9.17, 15) is 0 Å². The molecule has 0 bridgehead atoms. The van der Waals surface area contributed by atoms with Crippen molar-refractivity contribution < 1.29 is 0 Å². The molecule has 1 aliphatic carbocycles. The SMILES string of the molecule is c1ccc(C2(c3ccccc3)c3ccccc3-c3ccc(N(c4ccc(-c5cccc6c5ccc5ccccc56)cc4)c4ccccc4-c4cccc5c4ccc4ccccc45)cc32)cc1.